The van der Waals surface area contributed by atoms with Gasteiger partial charge in [-0.15, -0.1) is 34.9 Å². The Bertz CT molecular complexity index is 1240. The lowest BCUT2D eigenvalue weighted by molar-refractivity contribution is -0.150. The molecule has 0 aromatic carbocycles. The third-order valence-electron chi connectivity index (χ3n) is 4.93. The molecule has 14 nitrogen and oxygen atoms in total. The van der Waals surface area contributed by atoms with Crippen LogP contribution in [-0.4, -0.2) is 91.7 Å². The van der Waals surface area contributed by atoms with Gasteiger partial charge in [-0.25, -0.2) is 19.4 Å². The molecule has 5 N–H and O–H groups in total. The number of nitrogens with one attached hydrogen (secondary N) is 1. The number of carbonyl (C=O) groups excluding carboxylic acids is 3. The van der Waals surface area contributed by atoms with Gasteiger partial charge < -0.3 is 30.8 Å². The molecule has 190 valence electrons. The number of aliphatic carboxylic acids is 2. The van der Waals surface area contributed by atoms with Gasteiger partial charge in [0.25, 0.3) is 11.8 Å². The molecule has 4 heterocycles. The summed E-state index contributed by atoms with van der Waals surface area (Å²) in [4.78, 5) is 70.1. The fraction of sp³-hybridized carbons (Fsp3) is 0.316. The van der Waals surface area contributed by atoms with Crippen LogP contribution in [0.25, 0.3) is 0 Å². The second-order valence-corrected chi connectivity index (χ2v) is 10.4. The Kier molecular flexibility index (Phi) is 7.51. The van der Waals surface area contributed by atoms with Gasteiger partial charge in [-0.1, -0.05) is 5.16 Å². The Morgan fingerprint density at radius 2 is 2.14 bits per heavy atom. The fourth-order valence-electron chi connectivity index (χ4n) is 3.38. The van der Waals surface area contributed by atoms with Gasteiger partial charge in [0.05, 0.1) is 0 Å². The second kappa shape index (κ2) is 10.6. The van der Waals surface area contributed by atoms with E-state index in [0.717, 1.165) is 16.2 Å². The molecule has 1 aromatic heterocycles. The highest BCUT2D eigenvalue weighted by molar-refractivity contribution is 8.03. The molecular formula is C19H17N5O9S3. The molecule has 36 heavy (non-hydrogen) atoms. The van der Waals surface area contributed by atoms with Crippen LogP contribution in [0.1, 0.15) is 5.69 Å². The highest BCUT2D eigenvalue weighted by atomic mass is 32.2. The van der Waals surface area contributed by atoms with Crippen molar-refractivity contribution in [2.75, 3.05) is 30.5 Å². The number of β-lactam (4-membered cyclic amide) rings is 1. The van der Waals surface area contributed by atoms with Gasteiger partial charge in [0.1, 0.15) is 29.4 Å². The van der Waals surface area contributed by atoms with E-state index in [1.807, 2.05) is 0 Å². The summed E-state index contributed by atoms with van der Waals surface area (Å²) in [5, 5.41) is 25.4. The van der Waals surface area contributed by atoms with E-state index in [1.165, 1.54) is 35.0 Å². The summed E-state index contributed by atoms with van der Waals surface area (Å²) < 4.78 is 4.83. The zero-order chi connectivity index (χ0) is 26.0. The number of ether oxygens (including phenoxy) is 1. The maximum absolute atomic E-state index is 12.9. The summed E-state index contributed by atoms with van der Waals surface area (Å²) in [5.41, 5.74) is 5.57. The summed E-state index contributed by atoms with van der Waals surface area (Å²) in [6, 6.07) is -1.06. The number of rotatable bonds is 10. The molecule has 17 heteroatoms. The summed E-state index contributed by atoms with van der Waals surface area (Å²) in [7, 11) is 0. The molecule has 0 unspecified atom stereocenters. The number of carboxylic acid groups (broad SMARTS) is 2. The largest absolute Gasteiger partial charge is 0.479 e. The van der Waals surface area contributed by atoms with E-state index < -0.39 is 47.7 Å². The summed E-state index contributed by atoms with van der Waals surface area (Å²) >= 11 is 3.54. The first-order valence-electron chi connectivity index (χ1n) is 9.99. The second-order valence-electron chi connectivity index (χ2n) is 7.30. The molecule has 0 aliphatic carbocycles. The molecule has 3 aliphatic rings. The molecule has 1 saturated heterocycles. The number of hydrogen-bond donors (Lipinski definition) is 4. The van der Waals surface area contributed by atoms with Crippen LogP contribution in [0.5, 0.6) is 0 Å². The summed E-state index contributed by atoms with van der Waals surface area (Å²) in [5.74, 6) is -4.05. The number of thiazole rings is 1. The lowest BCUT2D eigenvalue weighted by atomic mass is 10.0. The number of hydrogen-bond acceptors (Lipinski definition) is 13. The van der Waals surface area contributed by atoms with Crippen LogP contribution < -0.4 is 11.1 Å². The van der Waals surface area contributed by atoms with Crippen LogP contribution >= 0.6 is 34.9 Å². The molecule has 4 rings (SSSR count). The van der Waals surface area contributed by atoms with Crippen molar-refractivity contribution in [3.05, 3.63) is 33.3 Å². The number of esters is 1. The lowest BCUT2D eigenvalue weighted by Crippen LogP contribution is -2.71. The van der Waals surface area contributed by atoms with Crippen molar-refractivity contribution in [1.82, 2.24) is 15.2 Å². The number of amides is 2. The zero-order valence-electron chi connectivity index (χ0n) is 18.0. The number of thioether (sulfide) groups is 2. The van der Waals surface area contributed by atoms with Crippen LogP contribution in [0.4, 0.5) is 5.13 Å². The first kappa shape index (κ1) is 25.5. The zero-order valence-corrected chi connectivity index (χ0v) is 20.5. The van der Waals surface area contributed by atoms with Crippen molar-refractivity contribution in [1.29, 1.82) is 0 Å². The van der Waals surface area contributed by atoms with E-state index in [-0.39, 0.29) is 40.3 Å². The Morgan fingerprint density at radius 3 is 2.75 bits per heavy atom. The van der Waals surface area contributed by atoms with Crippen molar-refractivity contribution < 1.29 is 43.8 Å². The van der Waals surface area contributed by atoms with E-state index in [2.05, 4.69) is 20.3 Å². The molecular weight excluding hydrogens is 538 g/mol. The van der Waals surface area contributed by atoms with E-state index in [9.17, 15) is 29.1 Å². The average molecular weight is 556 g/mol. The van der Waals surface area contributed by atoms with Crippen molar-refractivity contribution in [3.63, 3.8) is 0 Å². The first-order valence-corrected chi connectivity index (χ1v) is 12.9. The minimum Gasteiger partial charge on any atom is -0.479 e. The van der Waals surface area contributed by atoms with Crippen LogP contribution in [0.15, 0.2) is 32.8 Å². The van der Waals surface area contributed by atoms with Crippen molar-refractivity contribution in [2.24, 2.45) is 5.16 Å². The number of cyclic esters (lactones) is 1. The molecule has 0 spiro atoms. The van der Waals surface area contributed by atoms with E-state index >= 15 is 0 Å². The molecule has 0 bridgehead atoms. The number of carbonyl (C=O) groups is 5. The molecule has 0 saturated carbocycles. The standard InChI is InChI=1S/C19H17N5O9S3/c20-19-21-9(6-36-19)12(23-33-3-10(25)26)15(28)22-13-16(29)24-14(18(30)31)7(5-35-17(13)24)4-34-8-1-11(27)32-2-8/h1,6,13,17H,2-5H2,(H2,20,21)(H,22,28)(H,25,26)(H,30,31)/b23-12+/t13-,17-/m1/s1. The van der Waals surface area contributed by atoms with Crippen molar-refractivity contribution in [2.45, 2.75) is 11.4 Å². The number of nitrogen functional groups attached to an aromatic ring is 1. The van der Waals surface area contributed by atoms with E-state index in [1.54, 1.807) is 0 Å². The number of oxime groups is 1. The normalized spacial score (nSPS) is 21.4. The highest BCUT2D eigenvalue weighted by Crippen LogP contribution is 2.41. The molecule has 1 fully saturated rings. The molecule has 0 radical (unpaired) electrons. The van der Waals surface area contributed by atoms with Gasteiger partial charge in [-0.2, -0.15) is 0 Å². The number of nitrogens with two attached hydrogens (primary N) is 1. The number of anilines is 1. The van der Waals surface area contributed by atoms with Gasteiger partial charge >= 0.3 is 17.9 Å². The van der Waals surface area contributed by atoms with Crippen LogP contribution in [0, 0.1) is 0 Å². The minimum atomic E-state index is -1.31. The quantitative estimate of drug-likeness (QED) is 0.124. The topological polar surface area (TPSA) is 211 Å². The molecule has 2 atom stereocenters. The Hall–Kier alpha value is -3.57. The number of fused-ring (bicyclic) bond motifs is 1. The third kappa shape index (κ3) is 5.31. The minimum absolute atomic E-state index is 0.0226. The lowest BCUT2D eigenvalue weighted by Gasteiger charge is -2.49. The third-order valence-corrected chi connectivity index (χ3v) is 8.04. The van der Waals surface area contributed by atoms with E-state index in [0.29, 0.717) is 10.5 Å². The van der Waals surface area contributed by atoms with Gasteiger partial charge in [0, 0.05) is 27.9 Å². The number of aromatic nitrogens is 1. The smallest absolute Gasteiger partial charge is 0.352 e. The first-order chi connectivity index (χ1) is 17.2. The number of carboxylic acids is 2. The van der Waals surface area contributed by atoms with Gasteiger partial charge in [0.2, 0.25) is 6.61 Å². The molecule has 1 aromatic rings. The fourth-order valence-corrected chi connectivity index (χ4v) is 6.32. The SMILES string of the molecule is Nc1nc(/C(=N\OCC(=O)O)C(=O)N[C@@H]2C(=O)N3C(C(=O)O)=C(CSC4=CC(=O)OC4)CS[C@H]23)cs1. The summed E-state index contributed by atoms with van der Waals surface area (Å²) in [6.45, 7) is -0.688. The average Bonchev–Trinajstić information content (AvgIpc) is 3.45. The Labute approximate surface area is 214 Å². The maximum Gasteiger partial charge on any atom is 0.352 e. The van der Waals surface area contributed by atoms with Crippen LogP contribution in [-0.2, 0) is 33.5 Å². The van der Waals surface area contributed by atoms with Crippen molar-refractivity contribution >= 4 is 75.4 Å². The van der Waals surface area contributed by atoms with Crippen LogP contribution in [0.2, 0.25) is 0 Å². The molecule has 2 amide bonds. The van der Waals surface area contributed by atoms with Gasteiger partial charge in [-0.3, -0.25) is 14.5 Å². The van der Waals surface area contributed by atoms with E-state index in [4.69, 9.17) is 15.6 Å². The predicted molar refractivity (Wildman–Crippen MR) is 128 cm³/mol. The van der Waals surface area contributed by atoms with Crippen molar-refractivity contribution in [3.8, 4) is 0 Å². The monoisotopic (exact) mass is 555 g/mol. The predicted octanol–water partition coefficient (Wildman–Crippen LogP) is -0.557. The van der Waals surface area contributed by atoms with Gasteiger partial charge in [0.15, 0.2) is 10.8 Å². The Balaban J connectivity index is 1.48. The summed E-state index contributed by atoms with van der Waals surface area (Å²) in [6.07, 6.45) is 1.33. The van der Waals surface area contributed by atoms with Gasteiger partial charge in [-0.05, 0) is 5.57 Å². The number of nitrogens with zero attached hydrogens (tertiary/aromatic N) is 3. The highest BCUT2D eigenvalue weighted by Gasteiger charge is 2.54. The Morgan fingerprint density at radius 1 is 1.36 bits per heavy atom. The maximum atomic E-state index is 12.9. The van der Waals surface area contributed by atoms with Crippen LogP contribution in [0.3, 0.4) is 0 Å². The molecule has 3 aliphatic heterocycles.